The van der Waals surface area contributed by atoms with Crippen LogP contribution in [0.25, 0.3) is 11.2 Å². The maximum atomic E-state index is 12.6. The number of aryl methyl sites for hydroxylation is 2. The van der Waals surface area contributed by atoms with Crippen LogP contribution >= 0.6 is 11.8 Å². The molecule has 0 N–H and O–H groups in total. The molecule has 3 aromatic rings. The molecule has 29 heavy (non-hydrogen) atoms. The number of rotatable bonds is 7. The molecule has 0 bridgehead atoms. The summed E-state index contributed by atoms with van der Waals surface area (Å²) in [7, 11) is 2.73. The van der Waals surface area contributed by atoms with Crippen LogP contribution in [0, 0.1) is 0 Å². The van der Waals surface area contributed by atoms with E-state index in [9.17, 15) is 18.0 Å². The molecule has 0 fully saturated rings. The van der Waals surface area contributed by atoms with E-state index < -0.39 is 15.7 Å². The first-order valence-electron chi connectivity index (χ1n) is 8.77. The van der Waals surface area contributed by atoms with Crippen LogP contribution in [0.15, 0.2) is 44.2 Å². The molecule has 0 saturated heterocycles. The number of hydrogen-bond acceptors (Lipinski definition) is 7. The smallest absolute Gasteiger partial charge is 0.328 e. The molecule has 0 unspecified atom stereocenters. The third-order valence-electron chi connectivity index (χ3n) is 4.46. The van der Waals surface area contributed by atoms with Crippen molar-refractivity contribution in [2.24, 2.45) is 14.1 Å². The van der Waals surface area contributed by atoms with Gasteiger partial charge >= 0.3 is 5.69 Å². The summed E-state index contributed by atoms with van der Waals surface area (Å²) in [5, 5.41) is 0.671. The first-order chi connectivity index (χ1) is 13.6. The summed E-state index contributed by atoms with van der Waals surface area (Å²) in [6, 6.07) is 3.16. The summed E-state index contributed by atoms with van der Waals surface area (Å²) in [4.78, 5) is 33.5. The van der Waals surface area contributed by atoms with Crippen molar-refractivity contribution in [2.75, 3.05) is 19.8 Å². The average molecular weight is 439 g/mol. The maximum Gasteiger partial charge on any atom is 0.332 e. The van der Waals surface area contributed by atoms with E-state index in [4.69, 9.17) is 0 Å². The topological polar surface area (TPSA) is 112 Å². The fourth-order valence-electron chi connectivity index (χ4n) is 2.81. The van der Waals surface area contributed by atoms with Crippen molar-refractivity contribution in [3.8, 4) is 0 Å². The van der Waals surface area contributed by atoms with E-state index in [1.54, 1.807) is 24.7 Å². The van der Waals surface area contributed by atoms with Gasteiger partial charge < -0.3 is 4.57 Å². The molecule has 0 amide bonds. The molecule has 0 spiro atoms. The summed E-state index contributed by atoms with van der Waals surface area (Å²) in [5.74, 6) is 0.617. The monoisotopic (exact) mass is 438 g/mol. The highest BCUT2D eigenvalue weighted by Gasteiger charge is 2.17. The first kappa shape index (κ1) is 21.3. The number of nitrogens with zero attached hydrogens (tertiary/aromatic N) is 6. The number of pyridine rings is 1. The van der Waals surface area contributed by atoms with E-state index in [1.165, 1.54) is 53.6 Å². The molecule has 3 aromatic heterocycles. The number of aromatic nitrogens is 5. The van der Waals surface area contributed by atoms with Crippen LogP contribution in [0.4, 0.5) is 0 Å². The van der Waals surface area contributed by atoms with Crippen molar-refractivity contribution in [1.29, 1.82) is 0 Å². The van der Waals surface area contributed by atoms with Gasteiger partial charge in [0.25, 0.3) is 5.56 Å². The summed E-state index contributed by atoms with van der Waals surface area (Å²) >= 11 is 1.43. The minimum Gasteiger partial charge on any atom is -0.328 e. The third-order valence-corrected chi connectivity index (χ3v) is 7.29. The van der Waals surface area contributed by atoms with Gasteiger partial charge in [-0.1, -0.05) is 0 Å². The molecule has 10 nitrogen and oxygen atoms in total. The summed E-state index contributed by atoms with van der Waals surface area (Å²) in [6.45, 7) is 0.271. The second-order valence-corrected chi connectivity index (χ2v) is 9.91. The van der Waals surface area contributed by atoms with Crippen molar-refractivity contribution < 1.29 is 8.42 Å². The Bertz CT molecular complexity index is 1260. The summed E-state index contributed by atoms with van der Waals surface area (Å²) < 4.78 is 29.4. The van der Waals surface area contributed by atoms with Gasteiger partial charge in [-0.3, -0.25) is 13.9 Å². The van der Waals surface area contributed by atoms with Crippen molar-refractivity contribution in [2.45, 2.75) is 22.9 Å². The predicted octanol–water partition coefficient (Wildman–Crippen LogP) is 0.261. The number of imidazole rings is 1. The molecule has 0 radical (unpaired) electrons. The zero-order valence-corrected chi connectivity index (χ0v) is 18.2. The Morgan fingerprint density at radius 1 is 1.14 bits per heavy atom. The fourth-order valence-corrected chi connectivity index (χ4v) is 4.43. The highest BCUT2D eigenvalue weighted by Crippen LogP contribution is 2.19. The van der Waals surface area contributed by atoms with Crippen LogP contribution in [0.5, 0.6) is 0 Å². The average Bonchev–Trinajstić information content (AvgIpc) is 3.07. The van der Waals surface area contributed by atoms with Crippen molar-refractivity contribution in [1.82, 2.24) is 28.0 Å². The Labute approximate surface area is 171 Å². The van der Waals surface area contributed by atoms with E-state index in [0.717, 1.165) is 4.31 Å². The molecule has 0 saturated carbocycles. The van der Waals surface area contributed by atoms with E-state index >= 15 is 0 Å². The zero-order valence-electron chi connectivity index (χ0n) is 16.6. The van der Waals surface area contributed by atoms with E-state index in [-0.39, 0.29) is 17.0 Å². The maximum absolute atomic E-state index is 12.6. The molecule has 0 atom stereocenters. The number of thioether (sulfide) groups is 1. The lowest BCUT2D eigenvalue weighted by Crippen LogP contribution is -2.39. The Balaban J connectivity index is 1.68. The lowest BCUT2D eigenvalue weighted by atomic mass is 10.4. The van der Waals surface area contributed by atoms with Crippen LogP contribution in [-0.4, -0.2) is 56.2 Å². The van der Waals surface area contributed by atoms with Gasteiger partial charge in [0.2, 0.25) is 10.0 Å². The van der Waals surface area contributed by atoms with Crippen LogP contribution in [0.3, 0.4) is 0 Å². The highest BCUT2D eigenvalue weighted by molar-refractivity contribution is 7.99. The Morgan fingerprint density at radius 2 is 1.86 bits per heavy atom. The molecule has 0 aliphatic heterocycles. The second-order valence-electron chi connectivity index (χ2n) is 6.65. The minimum atomic E-state index is -3.51. The standard InChI is InChI=1S/C17H22N6O4S2/c1-20(2)29(26,27)12-6-7-13(18-10-12)28-9-5-8-23-16(24)14-15(19-11-21(14)3)22(4)17(23)25/h6-7,10-11H,5,8-9H2,1-4H3. The molecule has 3 heterocycles. The molecule has 156 valence electrons. The second kappa shape index (κ2) is 8.13. The summed E-state index contributed by atoms with van der Waals surface area (Å²) in [5.41, 5.74) is -0.00348. The first-order valence-corrected chi connectivity index (χ1v) is 11.2. The van der Waals surface area contributed by atoms with Crippen LogP contribution in [0.2, 0.25) is 0 Å². The molecule has 3 rings (SSSR count). The Kier molecular flexibility index (Phi) is 5.96. The fraction of sp³-hybridized carbons (Fsp3) is 0.412. The lowest BCUT2D eigenvalue weighted by Gasteiger charge is -2.11. The van der Waals surface area contributed by atoms with Gasteiger partial charge in [0.05, 0.1) is 11.4 Å². The van der Waals surface area contributed by atoms with Gasteiger partial charge in [-0.15, -0.1) is 11.8 Å². The van der Waals surface area contributed by atoms with Crippen molar-refractivity contribution in [3.63, 3.8) is 0 Å². The zero-order chi connectivity index (χ0) is 21.3. The van der Waals surface area contributed by atoms with Crippen molar-refractivity contribution >= 4 is 32.9 Å². The number of fused-ring (bicyclic) bond motifs is 1. The van der Waals surface area contributed by atoms with Crippen LogP contribution in [0.1, 0.15) is 6.42 Å². The normalized spacial score (nSPS) is 12.2. The van der Waals surface area contributed by atoms with Crippen molar-refractivity contribution in [3.05, 3.63) is 45.5 Å². The highest BCUT2D eigenvalue weighted by atomic mass is 32.2. The number of hydrogen-bond donors (Lipinski definition) is 0. The van der Waals surface area contributed by atoms with Gasteiger partial charge in [0, 0.05) is 46.7 Å². The largest absolute Gasteiger partial charge is 0.332 e. The van der Waals surface area contributed by atoms with Gasteiger partial charge in [-0.25, -0.2) is 27.5 Å². The molecule has 0 aliphatic rings. The molecule has 12 heteroatoms. The Morgan fingerprint density at radius 3 is 2.48 bits per heavy atom. The molecule has 0 aliphatic carbocycles. The quantitative estimate of drug-likeness (QED) is 0.384. The van der Waals surface area contributed by atoms with E-state index in [1.807, 2.05) is 0 Å². The molecular weight excluding hydrogens is 416 g/mol. The van der Waals surface area contributed by atoms with E-state index in [0.29, 0.717) is 28.4 Å². The SMILES string of the molecule is CN(C)S(=O)(=O)c1ccc(SCCCn2c(=O)c3c(ncn3C)n(C)c2=O)nc1. The Hall–Kier alpha value is -2.44. The number of sulfonamides is 1. The summed E-state index contributed by atoms with van der Waals surface area (Å²) in [6.07, 6.45) is 3.41. The molecular formula is C17H22N6O4S2. The predicted molar refractivity (Wildman–Crippen MR) is 111 cm³/mol. The minimum absolute atomic E-state index is 0.131. The van der Waals surface area contributed by atoms with Gasteiger partial charge in [-0.2, -0.15) is 0 Å². The van der Waals surface area contributed by atoms with Gasteiger partial charge in [0.1, 0.15) is 4.90 Å². The van der Waals surface area contributed by atoms with Gasteiger partial charge in [0.15, 0.2) is 11.2 Å². The lowest BCUT2D eigenvalue weighted by molar-refractivity contribution is 0.520. The van der Waals surface area contributed by atoms with E-state index in [2.05, 4.69) is 9.97 Å². The third kappa shape index (κ3) is 4.00. The van der Waals surface area contributed by atoms with Gasteiger partial charge in [-0.05, 0) is 18.6 Å². The van der Waals surface area contributed by atoms with Crippen LogP contribution < -0.4 is 11.2 Å². The molecule has 0 aromatic carbocycles. The van der Waals surface area contributed by atoms with Crippen LogP contribution in [-0.2, 0) is 30.7 Å².